The van der Waals surface area contributed by atoms with Gasteiger partial charge in [-0.25, -0.2) is 4.98 Å². The summed E-state index contributed by atoms with van der Waals surface area (Å²) in [4.78, 5) is 4.20. The summed E-state index contributed by atoms with van der Waals surface area (Å²) in [6.45, 7) is 5.41. The highest BCUT2D eigenvalue weighted by Crippen LogP contribution is 2.22. The highest BCUT2D eigenvalue weighted by Gasteiger charge is 2.15. The van der Waals surface area contributed by atoms with Gasteiger partial charge in [0.15, 0.2) is 0 Å². The lowest BCUT2D eigenvalue weighted by atomic mass is 10.1. The molecule has 96 valence electrons. The zero-order valence-corrected chi connectivity index (χ0v) is 10.7. The maximum absolute atomic E-state index is 10.3. The van der Waals surface area contributed by atoms with Gasteiger partial charge in [-0.1, -0.05) is 12.1 Å². The van der Waals surface area contributed by atoms with E-state index in [1.807, 2.05) is 48.9 Å². The number of aryl methyl sites for hydroxylation is 1. The number of aromatic nitrogens is 2. The van der Waals surface area contributed by atoms with Crippen LogP contribution in [0, 0.1) is 0 Å². The predicted octanol–water partition coefficient (Wildman–Crippen LogP) is 2.38. The molecule has 0 aliphatic heterocycles. The number of hydrogen-bond acceptors (Lipinski definition) is 3. The summed E-state index contributed by atoms with van der Waals surface area (Å²) in [7, 11) is 0. The average molecular weight is 246 g/mol. The molecule has 0 aliphatic rings. The second kappa shape index (κ2) is 5.69. The van der Waals surface area contributed by atoms with Gasteiger partial charge in [0.1, 0.15) is 17.7 Å². The lowest BCUT2D eigenvalue weighted by molar-refractivity contribution is 0.204. The average Bonchev–Trinajstić information content (AvgIpc) is 2.87. The molecule has 0 bridgehead atoms. The number of benzene rings is 1. The predicted molar refractivity (Wildman–Crippen MR) is 69.6 cm³/mol. The maximum Gasteiger partial charge on any atom is 0.142 e. The van der Waals surface area contributed by atoms with Gasteiger partial charge in [0.25, 0.3) is 0 Å². The van der Waals surface area contributed by atoms with Crippen LogP contribution in [0.4, 0.5) is 0 Å². The van der Waals surface area contributed by atoms with E-state index in [1.165, 1.54) is 0 Å². The first kappa shape index (κ1) is 12.6. The maximum atomic E-state index is 10.3. The molecule has 2 rings (SSSR count). The Balaban J connectivity index is 2.20. The fraction of sp³-hybridized carbons (Fsp3) is 0.357. The Labute approximate surface area is 107 Å². The van der Waals surface area contributed by atoms with Crippen LogP contribution in [0.25, 0.3) is 0 Å². The van der Waals surface area contributed by atoms with Crippen molar-refractivity contribution in [2.75, 3.05) is 6.61 Å². The number of aliphatic hydroxyl groups is 1. The first-order chi connectivity index (χ1) is 8.76. The molecule has 1 atom stereocenters. The third kappa shape index (κ3) is 2.54. The molecule has 1 heterocycles. The van der Waals surface area contributed by atoms with Crippen LogP contribution in [-0.2, 0) is 6.54 Å². The van der Waals surface area contributed by atoms with Gasteiger partial charge < -0.3 is 14.4 Å². The Kier molecular flexibility index (Phi) is 3.99. The summed E-state index contributed by atoms with van der Waals surface area (Å²) in [5, 5.41) is 10.3. The van der Waals surface area contributed by atoms with Crippen LogP contribution in [-0.4, -0.2) is 21.3 Å². The largest absolute Gasteiger partial charge is 0.494 e. The van der Waals surface area contributed by atoms with Crippen molar-refractivity contribution >= 4 is 0 Å². The molecule has 1 aromatic carbocycles. The Morgan fingerprint density at radius 1 is 1.28 bits per heavy atom. The van der Waals surface area contributed by atoms with Crippen molar-refractivity contribution in [1.82, 2.24) is 9.55 Å². The van der Waals surface area contributed by atoms with Crippen molar-refractivity contribution in [1.29, 1.82) is 0 Å². The molecule has 0 aliphatic carbocycles. The molecule has 4 heteroatoms. The summed E-state index contributed by atoms with van der Waals surface area (Å²) < 4.78 is 7.31. The second-order valence-electron chi connectivity index (χ2n) is 3.98. The smallest absolute Gasteiger partial charge is 0.142 e. The van der Waals surface area contributed by atoms with Crippen molar-refractivity contribution in [2.24, 2.45) is 0 Å². The third-order valence-corrected chi connectivity index (χ3v) is 2.84. The zero-order chi connectivity index (χ0) is 13.0. The van der Waals surface area contributed by atoms with E-state index in [9.17, 15) is 5.11 Å². The quantitative estimate of drug-likeness (QED) is 0.881. The van der Waals surface area contributed by atoms with Gasteiger partial charge in [-0.3, -0.25) is 0 Å². The van der Waals surface area contributed by atoms with Crippen LogP contribution < -0.4 is 4.74 Å². The molecule has 2 aromatic rings. The van der Waals surface area contributed by atoms with E-state index in [0.717, 1.165) is 17.9 Å². The minimum Gasteiger partial charge on any atom is -0.494 e. The molecule has 18 heavy (non-hydrogen) atoms. The number of ether oxygens (including phenoxy) is 1. The molecule has 0 saturated heterocycles. The topological polar surface area (TPSA) is 47.3 Å². The van der Waals surface area contributed by atoms with E-state index >= 15 is 0 Å². The first-order valence-electron chi connectivity index (χ1n) is 6.18. The summed E-state index contributed by atoms with van der Waals surface area (Å²) in [6.07, 6.45) is 2.87. The molecule has 0 radical (unpaired) electrons. The standard InChI is InChI=1S/C14H18N2O2/c1-3-16-10-9-15-14(16)13(17)11-5-7-12(8-6-11)18-4-2/h5-10,13,17H,3-4H2,1-2H3. The van der Waals surface area contributed by atoms with Crippen molar-refractivity contribution in [3.05, 3.63) is 48.0 Å². The van der Waals surface area contributed by atoms with Gasteiger partial charge in [-0.05, 0) is 31.5 Å². The Morgan fingerprint density at radius 3 is 2.61 bits per heavy atom. The summed E-state index contributed by atoms with van der Waals surface area (Å²) >= 11 is 0. The number of imidazole rings is 1. The molecule has 0 fully saturated rings. The van der Waals surface area contributed by atoms with E-state index in [1.54, 1.807) is 6.20 Å². The molecule has 0 saturated carbocycles. The van der Waals surface area contributed by atoms with Crippen LogP contribution >= 0.6 is 0 Å². The van der Waals surface area contributed by atoms with E-state index in [-0.39, 0.29) is 0 Å². The van der Waals surface area contributed by atoms with Gasteiger partial charge in [-0.15, -0.1) is 0 Å². The van der Waals surface area contributed by atoms with Crippen LogP contribution in [0.15, 0.2) is 36.7 Å². The van der Waals surface area contributed by atoms with Crippen molar-refractivity contribution in [3.8, 4) is 5.75 Å². The summed E-state index contributed by atoms with van der Waals surface area (Å²) in [6, 6.07) is 7.46. The van der Waals surface area contributed by atoms with Gasteiger partial charge in [-0.2, -0.15) is 0 Å². The molecule has 4 nitrogen and oxygen atoms in total. The van der Waals surface area contributed by atoms with Crippen LogP contribution in [0.5, 0.6) is 5.75 Å². The lowest BCUT2D eigenvalue weighted by Crippen LogP contribution is -2.08. The Bertz CT molecular complexity index is 491. The highest BCUT2D eigenvalue weighted by molar-refractivity contribution is 5.31. The summed E-state index contributed by atoms with van der Waals surface area (Å²) in [5.41, 5.74) is 0.819. The van der Waals surface area contributed by atoms with Crippen LogP contribution in [0.3, 0.4) is 0 Å². The Morgan fingerprint density at radius 2 is 2.00 bits per heavy atom. The number of aliphatic hydroxyl groups excluding tert-OH is 1. The minimum atomic E-state index is -0.698. The SMILES string of the molecule is CCOc1ccc(C(O)c2nccn2CC)cc1. The number of rotatable bonds is 5. The normalized spacial score (nSPS) is 12.4. The van der Waals surface area contributed by atoms with Gasteiger partial charge in [0.2, 0.25) is 0 Å². The Hall–Kier alpha value is -1.81. The number of nitrogens with zero attached hydrogens (tertiary/aromatic N) is 2. The van der Waals surface area contributed by atoms with E-state index in [2.05, 4.69) is 4.98 Å². The second-order valence-corrected chi connectivity index (χ2v) is 3.98. The van der Waals surface area contributed by atoms with E-state index in [0.29, 0.717) is 12.4 Å². The molecular weight excluding hydrogens is 228 g/mol. The summed E-state index contributed by atoms with van der Waals surface area (Å²) in [5.74, 6) is 1.48. The van der Waals surface area contributed by atoms with E-state index < -0.39 is 6.10 Å². The van der Waals surface area contributed by atoms with Crippen LogP contribution in [0.2, 0.25) is 0 Å². The minimum absolute atomic E-state index is 0.641. The number of hydrogen-bond donors (Lipinski definition) is 1. The molecule has 1 unspecified atom stereocenters. The van der Waals surface area contributed by atoms with Crippen LogP contribution in [0.1, 0.15) is 31.3 Å². The van der Waals surface area contributed by atoms with Gasteiger partial charge >= 0.3 is 0 Å². The molecule has 0 spiro atoms. The fourth-order valence-corrected chi connectivity index (χ4v) is 1.90. The first-order valence-corrected chi connectivity index (χ1v) is 6.18. The zero-order valence-electron chi connectivity index (χ0n) is 10.7. The fourth-order valence-electron chi connectivity index (χ4n) is 1.90. The van der Waals surface area contributed by atoms with E-state index in [4.69, 9.17) is 4.74 Å². The molecule has 1 aromatic heterocycles. The van der Waals surface area contributed by atoms with Gasteiger partial charge in [0, 0.05) is 18.9 Å². The monoisotopic (exact) mass is 246 g/mol. The van der Waals surface area contributed by atoms with Crippen molar-refractivity contribution < 1.29 is 9.84 Å². The van der Waals surface area contributed by atoms with Crippen molar-refractivity contribution in [2.45, 2.75) is 26.5 Å². The molecular formula is C14H18N2O2. The third-order valence-electron chi connectivity index (χ3n) is 2.84. The molecule has 0 amide bonds. The van der Waals surface area contributed by atoms with Gasteiger partial charge in [0.05, 0.1) is 6.61 Å². The molecule has 1 N–H and O–H groups in total. The highest BCUT2D eigenvalue weighted by atomic mass is 16.5. The van der Waals surface area contributed by atoms with Crippen molar-refractivity contribution in [3.63, 3.8) is 0 Å². The lowest BCUT2D eigenvalue weighted by Gasteiger charge is -2.13.